The Bertz CT molecular complexity index is 737. The average Bonchev–Trinajstić information content (AvgIpc) is 2.73. The molecule has 2 rings (SSSR count). The third-order valence-corrected chi connectivity index (χ3v) is 5.03. The van der Waals surface area contributed by atoms with E-state index in [1.54, 1.807) is 0 Å². The van der Waals surface area contributed by atoms with Crippen LogP contribution in [0.3, 0.4) is 0 Å². The molecule has 1 aromatic heterocycles. The SMILES string of the molecule is Cc1cn(C2CN(C(=S)P(=O)(O)O)C[C@H]2O)c(=O)[nH]c1=O. The highest BCUT2D eigenvalue weighted by Gasteiger charge is 2.39. The number of H-pyrrole nitrogens is 1. The Hall–Kier alpha value is -1.32. The van der Waals surface area contributed by atoms with Crippen molar-refractivity contribution in [3.8, 4) is 0 Å². The maximum Gasteiger partial charge on any atom is 0.383 e. The zero-order chi connectivity index (χ0) is 15.9. The summed E-state index contributed by atoms with van der Waals surface area (Å²) in [5.74, 6) is 0. The van der Waals surface area contributed by atoms with Gasteiger partial charge < -0.3 is 19.8 Å². The lowest BCUT2D eigenvalue weighted by Crippen LogP contribution is -2.37. The maximum absolute atomic E-state index is 11.8. The normalized spacial score (nSPS) is 22.6. The highest BCUT2D eigenvalue weighted by molar-refractivity contribution is 7.97. The van der Waals surface area contributed by atoms with Gasteiger partial charge in [-0.25, -0.2) is 4.79 Å². The number of aliphatic hydroxyl groups is 1. The summed E-state index contributed by atoms with van der Waals surface area (Å²) in [6.45, 7) is 1.38. The van der Waals surface area contributed by atoms with E-state index in [0.717, 1.165) is 4.57 Å². The smallest absolute Gasteiger partial charge is 0.383 e. The van der Waals surface area contributed by atoms with Crippen LogP contribution in [0.25, 0.3) is 0 Å². The zero-order valence-corrected chi connectivity index (χ0v) is 12.7. The van der Waals surface area contributed by atoms with Crippen molar-refractivity contribution in [2.24, 2.45) is 0 Å². The molecule has 1 aliphatic rings. The fourth-order valence-corrected chi connectivity index (χ4v) is 2.90. The lowest BCUT2D eigenvalue weighted by Gasteiger charge is -2.19. The second-order valence-corrected chi connectivity index (χ2v) is 7.05. The van der Waals surface area contributed by atoms with E-state index in [2.05, 4.69) is 4.98 Å². The summed E-state index contributed by atoms with van der Waals surface area (Å²) >= 11 is 4.69. The second-order valence-electron chi connectivity index (χ2n) is 4.84. The minimum atomic E-state index is -4.58. The van der Waals surface area contributed by atoms with Crippen molar-refractivity contribution in [3.05, 3.63) is 32.6 Å². The molecular formula is C10H14N3O6PS. The topological polar surface area (TPSA) is 136 Å². The molecule has 116 valence electrons. The number of β-amino-alcohol motifs (C(OH)–C–C–N with tert-alkyl or cyclic N) is 1. The van der Waals surface area contributed by atoms with E-state index >= 15 is 0 Å². The number of rotatable bonds is 2. The number of aromatic nitrogens is 2. The number of hydrogen-bond acceptors (Lipinski definition) is 5. The lowest BCUT2D eigenvalue weighted by molar-refractivity contribution is 0.146. The van der Waals surface area contributed by atoms with Crippen molar-refractivity contribution < 1.29 is 19.5 Å². The number of nitrogens with zero attached hydrogens (tertiary/aromatic N) is 2. The number of aliphatic hydroxyl groups excluding tert-OH is 1. The van der Waals surface area contributed by atoms with Crippen molar-refractivity contribution in [1.29, 1.82) is 0 Å². The minimum Gasteiger partial charge on any atom is -0.389 e. The molecule has 21 heavy (non-hydrogen) atoms. The summed E-state index contributed by atoms with van der Waals surface area (Å²) in [5.41, 5.74) is -0.928. The van der Waals surface area contributed by atoms with Crippen molar-refractivity contribution in [3.63, 3.8) is 0 Å². The number of aromatic amines is 1. The molecule has 0 aliphatic carbocycles. The van der Waals surface area contributed by atoms with Gasteiger partial charge in [-0.05, 0) is 6.92 Å². The third-order valence-electron chi connectivity index (χ3n) is 3.28. The summed E-state index contributed by atoms with van der Waals surface area (Å²) in [7, 11) is -4.58. The first-order chi connectivity index (χ1) is 9.61. The third kappa shape index (κ3) is 3.14. The Morgan fingerprint density at radius 2 is 2.05 bits per heavy atom. The van der Waals surface area contributed by atoms with E-state index in [1.165, 1.54) is 18.0 Å². The van der Waals surface area contributed by atoms with E-state index in [0.29, 0.717) is 0 Å². The van der Waals surface area contributed by atoms with E-state index < -0.39 is 35.7 Å². The van der Waals surface area contributed by atoms with Gasteiger partial charge in [-0.2, -0.15) is 0 Å². The fourth-order valence-electron chi connectivity index (χ4n) is 2.22. The van der Waals surface area contributed by atoms with Crippen LogP contribution < -0.4 is 11.2 Å². The first-order valence-corrected chi connectivity index (χ1v) is 7.98. The average molecular weight is 335 g/mol. The van der Waals surface area contributed by atoms with Crippen molar-refractivity contribution in [2.75, 3.05) is 13.1 Å². The van der Waals surface area contributed by atoms with Crippen LogP contribution in [0.5, 0.6) is 0 Å². The first-order valence-electron chi connectivity index (χ1n) is 5.96. The molecule has 0 amide bonds. The number of hydrogen-bond donors (Lipinski definition) is 4. The van der Waals surface area contributed by atoms with E-state index in [1.807, 2.05) is 0 Å². The number of thiocarbonyl (C=S) groups is 1. The molecule has 0 bridgehead atoms. The lowest BCUT2D eigenvalue weighted by atomic mass is 10.2. The van der Waals surface area contributed by atoms with Gasteiger partial charge in [0.2, 0.25) is 0 Å². The molecule has 1 unspecified atom stereocenters. The predicted molar refractivity (Wildman–Crippen MR) is 77.3 cm³/mol. The molecule has 0 spiro atoms. The molecule has 0 aromatic carbocycles. The standard InChI is InChI=1S/C10H14N3O6PS/c1-5-2-13(9(16)11-8(5)15)6-3-12(4-7(6)14)10(21)20(17,18)19/h2,6-7,14H,3-4H2,1H3,(H,11,15,16)(H2,17,18,19)/t6?,7-/m1/s1. The van der Waals surface area contributed by atoms with Crippen LogP contribution in [0.4, 0.5) is 0 Å². The Kier molecular flexibility index (Phi) is 4.18. The van der Waals surface area contributed by atoms with Gasteiger partial charge in [-0.3, -0.25) is 18.9 Å². The van der Waals surface area contributed by atoms with E-state index in [-0.39, 0.29) is 18.7 Å². The summed E-state index contributed by atoms with van der Waals surface area (Å²) in [6, 6.07) is -0.752. The van der Waals surface area contributed by atoms with Crippen LogP contribution in [0.1, 0.15) is 11.6 Å². The highest BCUT2D eigenvalue weighted by Crippen LogP contribution is 2.40. The molecular weight excluding hydrogens is 321 g/mol. The summed E-state index contributed by atoms with van der Waals surface area (Å²) in [6.07, 6.45) is 0.261. The molecule has 9 nitrogen and oxygen atoms in total. The predicted octanol–water partition coefficient (Wildman–Crippen LogP) is -1.47. The molecule has 1 aromatic rings. The molecule has 1 saturated heterocycles. The Balaban J connectivity index is 2.33. The van der Waals surface area contributed by atoms with Crippen molar-refractivity contribution >= 4 is 24.5 Å². The number of nitrogens with one attached hydrogen (secondary N) is 1. The quantitative estimate of drug-likeness (QED) is 0.380. The van der Waals surface area contributed by atoms with Gasteiger partial charge in [0, 0.05) is 24.8 Å². The van der Waals surface area contributed by atoms with Crippen molar-refractivity contribution in [1.82, 2.24) is 14.5 Å². The van der Waals surface area contributed by atoms with Crippen LogP contribution in [0, 0.1) is 6.92 Å². The molecule has 11 heteroatoms. The maximum atomic E-state index is 11.8. The van der Waals surface area contributed by atoms with Gasteiger partial charge in [0.05, 0.1) is 12.1 Å². The van der Waals surface area contributed by atoms with Crippen LogP contribution in [-0.2, 0) is 4.57 Å². The van der Waals surface area contributed by atoms with Crippen molar-refractivity contribution in [2.45, 2.75) is 19.1 Å². The molecule has 1 fully saturated rings. The monoisotopic (exact) mass is 335 g/mol. The van der Waals surface area contributed by atoms with Crippen LogP contribution in [0.2, 0.25) is 0 Å². The largest absolute Gasteiger partial charge is 0.389 e. The number of likely N-dealkylation sites (tertiary alicyclic amines) is 1. The van der Waals surface area contributed by atoms with Gasteiger partial charge in [-0.1, -0.05) is 12.2 Å². The van der Waals surface area contributed by atoms with Gasteiger partial charge >= 0.3 is 13.3 Å². The van der Waals surface area contributed by atoms with Gasteiger partial charge in [0.15, 0.2) is 4.73 Å². The Morgan fingerprint density at radius 1 is 1.43 bits per heavy atom. The summed E-state index contributed by atoms with van der Waals surface area (Å²) in [5, 5.41) is 10.0. The first kappa shape index (κ1) is 16.1. The Morgan fingerprint density at radius 3 is 2.62 bits per heavy atom. The fraction of sp³-hybridized carbons (Fsp3) is 0.500. The summed E-state index contributed by atoms with van der Waals surface area (Å²) < 4.78 is 11.7. The van der Waals surface area contributed by atoms with Crippen LogP contribution >= 0.6 is 19.8 Å². The summed E-state index contributed by atoms with van der Waals surface area (Å²) in [4.78, 5) is 44.5. The molecule has 2 heterocycles. The molecule has 0 radical (unpaired) electrons. The Labute approximate surface area is 124 Å². The van der Waals surface area contributed by atoms with Crippen LogP contribution in [-0.4, -0.2) is 53.3 Å². The van der Waals surface area contributed by atoms with Gasteiger partial charge in [0.25, 0.3) is 5.56 Å². The molecule has 2 atom stereocenters. The zero-order valence-electron chi connectivity index (χ0n) is 11.0. The van der Waals surface area contributed by atoms with E-state index in [9.17, 15) is 19.3 Å². The minimum absolute atomic E-state index is 0.0312. The highest BCUT2D eigenvalue weighted by atomic mass is 32.1. The molecule has 0 saturated carbocycles. The molecule has 4 N–H and O–H groups in total. The van der Waals surface area contributed by atoms with Gasteiger partial charge in [-0.15, -0.1) is 0 Å². The van der Waals surface area contributed by atoms with E-state index in [4.69, 9.17) is 22.0 Å². The number of aryl methyl sites for hydroxylation is 1. The van der Waals surface area contributed by atoms with Crippen LogP contribution in [0.15, 0.2) is 15.8 Å². The van der Waals surface area contributed by atoms with Gasteiger partial charge in [0.1, 0.15) is 0 Å². The second kappa shape index (κ2) is 5.47. The molecule has 1 aliphatic heterocycles.